The Hall–Kier alpha value is -1.15. The molecule has 1 unspecified atom stereocenters. The van der Waals surface area contributed by atoms with E-state index in [0.29, 0.717) is 6.42 Å². The van der Waals surface area contributed by atoms with Gasteiger partial charge in [0, 0.05) is 0 Å². The molecule has 3 N–H and O–H groups in total. The van der Waals surface area contributed by atoms with Gasteiger partial charge in [0.25, 0.3) is 0 Å². The van der Waals surface area contributed by atoms with E-state index in [1.165, 1.54) is 6.92 Å². The predicted octanol–water partition coefficient (Wildman–Crippen LogP) is -0.0703. The van der Waals surface area contributed by atoms with E-state index in [-0.39, 0.29) is 11.7 Å². The summed E-state index contributed by atoms with van der Waals surface area (Å²) in [5.41, 5.74) is 0. The average Bonchev–Trinajstić information content (AvgIpc) is 2.23. The Balaban J connectivity index is 4.62. The molecular formula is C11H22N2O5S. The summed E-state index contributed by atoms with van der Waals surface area (Å²) in [5.74, 6) is -2.16. The standard InChI is InChI=1S/C11H22N2O5S/c1-5-6-19(17,18)13-8(4)10(14)12-9(7(2)3)11(15)16/h7-9,13H,5-6H2,1-4H3,(H,12,14)(H,15,16)/t8?,9-/m0/s1. The molecule has 0 aromatic carbocycles. The van der Waals surface area contributed by atoms with Gasteiger partial charge < -0.3 is 10.4 Å². The van der Waals surface area contributed by atoms with Crippen LogP contribution < -0.4 is 10.0 Å². The van der Waals surface area contributed by atoms with Crippen LogP contribution in [0.3, 0.4) is 0 Å². The second-order valence-corrected chi connectivity index (χ2v) is 6.60. The second kappa shape index (κ2) is 7.44. The van der Waals surface area contributed by atoms with Crippen LogP contribution in [-0.2, 0) is 19.6 Å². The quantitative estimate of drug-likeness (QED) is 0.580. The molecule has 0 aromatic heterocycles. The van der Waals surface area contributed by atoms with Gasteiger partial charge in [-0.3, -0.25) is 4.79 Å². The Labute approximate surface area is 113 Å². The predicted molar refractivity (Wildman–Crippen MR) is 71.1 cm³/mol. The van der Waals surface area contributed by atoms with Crippen molar-refractivity contribution in [3.8, 4) is 0 Å². The van der Waals surface area contributed by atoms with E-state index in [0.717, 1.165) is 0 Å². The average molecular weight is 294 g/mol. The molecule has 0 fully saturated rings. The number of rotatable bonds is 8. The summed E-state index contributed by atoms with van der Waals surface area (Å²) >= 11 is 0. The molecule has 0 aromatic rings. The van der Waals surface area contributed by atoms with Crippen molar-refractivity contribution in [2.24, 2.45) is 5.92 Å². The van der Waals surface area contributed by atoms with Crippen LogP contribution in [0.2, 0.25) is 0 Å². The highest BCUT2D eigenvalue weighted by Gasteiger charge is 2.27. The fourth-order valence-corrected chi connectivity index (χ4v) is 2.74. The summed E-state index contributed by atoms with van der Waals surface area (Å²) in [6.45, 7) is 6.40. The third kappa shape index (κ3) is 6.53. The van der Waals surface area contributed by atoms with Gasteiger partial charge in [-0.05, 0) is 19.3 Å². The van der Waals surface area contributed by atoms with Crippen LogP contribution in [0.4, 0.5) is 0 Å². The molecule has 112 valence electrons. The van der Waals surface area contributed by atoms with Gasteiger partial charge in [0.2, 0.25) is 15.9 Å². The zero-order valence-corrected chi connectivity index (χ0v) is 12.5. The number of aliphatic carboxylic acids is 1. The lowest BCUT2D eigenvalue weighted by Gasteiger charge is -2.21. The van der Waals surface area contributed by atoms with Gasteiger partial charge in [0.1, 0.15) is 6.04 Å². The smallest absolute Gasteiger partial charge is 0.326 e. The summed E-state index contributed by atoms with van der Waals surface area (Å²) in [7, 11) is -3.51. The third-order valence-corrected chi connectivity index (χ3v) is 4.11. The molecule has 2 atom stereocenters. The molecule has 0 saturated heterocycles. The lowest BCUT2D eigenvalue weighted by atomic mass is 10.0. The highest BCUT2D eigenvalue weighted by Crippen LogP contribution is 2.02. The number of hydrogen-bond donors (Lipinski definition) is 3. The lowest BCUT2D eigenvalue weighted by molar-refractivity contribution is -0.143. The molecular weight excluding hydrogens is 272 g/mol. The van der Waals surface area contributed by atoms with Crippen LogP contribution in [-0.4, -0.2) is 43.2 Å². The number of nitrogens with one attached hydrogen (secondary N) is 2. The zero-order valence-electron chi connectivity index (χ0n) is 11.6. The first-order valence-corrected chi connectivity index (χ1v) is 7.79. The van der Waals surface area contributed by atoms with Crippen LogP contribution in [0, 0.1) is 5.92 Å². The summed E-state index contributed by atoms with van der Waals surface area (Å²) in [6.07, 6.45) is 0.438. The normalized spacial score (nSPS) is 15.0. The molecule has 0 spiro atoms. The minimum absolute atomic E-state index is 0.0723. The maximum Gasteiger partial charge on any atom is 0.326 e. The van der Waals surface area contributed by atoms with E-state index < -0.39 is 34.0 Å². The molecule has 7 nitrogen and oxygen atoms in total. The number of amides is 1. The SMILES string of the molecule is CCCS(=O)(=O)NC(C)C(=O)N[C@H](C(=O)O)C(C)C. The second-order valence-electron chi connectivity index (χ2n) is 4.73. The Bertz CT molecular complexity index is 419. The van der Waals surface area contributed by atoms with Crippen molar-refractivity contribution in [1.82, 2.24) is 10.0 Å². The highest BCUT2D eigenvalue weighted by molar-refractivity contribution is 7.89. The van der Waals surface area contributed by atoms with Crippen molar-refractivity contribution in [3.05, 3.63) is 0 Å². The van der Waals surface area contributed by atoms with Crippen molar-refractivity contribution >= 4 is 21.9 Å². The van der Waals surface area contributed by atoms with E-state index in [1.807, 2.05) is 0 Å². The minimum Gasteiger partial charge on any atom is -0.480 e. The van der Waals surface area contributed by atoms with Crippen LogP contribution in [0.15, 0.2) is 0 Å². The van der Waals surface area contributed by atoms with E-state index in [4.69, 9.17) is 5.11 Å². The molecule has 1 amide bonds. The molecule has 0 radical (unpaired) electrons. The number of carboxylic acid groups (broad SMARTS) is 1. The molecule has 0 bridgehead atoms. The lowest BCUT2D eigenvalue weighted by Crippen LogP contribution is -2.52. The number of carbonyl (C=O) groups is 2. The summed E-state index contributed by atoms with van der Waals surface area (Å²) < 4.78 is 25.2. The maximum atomic E-state index is 11.7. The fraction of sp³-hybridized carbons (Fsp3) is 0.818. The molecule has 0 heterocycles. The van der Waals surface area contributed by atoms with Gasteiger partial charge in [0.15, 0.2) is 0 Å². The van der Waals surface area contributed by atoms with Crippen LogP contribution in [0.1, 0.15) is 34.1 Å². The summed E-state index contributed by atoms with van der Waals surface area (Å²) in [4.78, 5) is 22.7. The first-order valence-electron chi connectivity index (χ1n) is 6.14. The molecule has 8 heteroatoms. The van der Waals surface area contributed by atoms with Crippen LogP contribution in [0.5, 0.6) is 0 Å². The zero-order chi connectivity index (χ0) is 15.2. The van der Waals surface area contributed by atoms with Gasteiger partial charge in [-0.1, -0.05) is 20.8 Å². The van der Waals surface area contributed by atoms with Gasteiger partial charge in [-0.15, -0.1) is 0 Å². The summed E-state index contributed by atoms with van der Waals surface area (Å²) in [6, 6.07) is -2.04. The van der Waals surface area contributed by atoms with Crippen molar-refractivity contribution < 1.29 is 23.1 Å². The number of carboxylic acids is 1. The van der Waals surface area contributed by atoms with E-state index >= 15 is 0 Å². The van der Waals surface area contributed by atoms with E-state index in [9.17, 15) is 18.0 Å². The van der Waals surface area contributed by atoms with Crippen molar-refractivity contribution in [1.29, 1.82) is 0 Å². The van der Waals surface area contributed by atoms with Crippen LogP contribution >= 0.6 is 0 Å². The number of hydrogen-bond acceptors (Lipinski definition) is 4. The molecule has 19 heavy (non-hydrogen) atoms. The molecule has 0 aliphatic rings. The van der Waals surface area contributed by atoms with Gasteiger partial charge in [0.05, 0.1) is 11.8 Å². The Morgan fingerprint density at radius 1 is 1.21 bits per heavy atom. The molecule has 0 saturated carbocycles. The van der Waals surface area contributed by atoms with E-state index in [2.05, 4.69) is 10.0 Å². The monoisotopic (exact) mass is 294 g/mol. The van der Waals surface area contributed by atoms with E-state index in [1.54, 1.807) is 20.8 Å². The van der Waals surface area contributed by atoms with Gasteiger partial charge >= 0.3 is 5.97 Å². The Morgan fingerprint density at radius 2 is 1.74 bits per heavy atom. The maximum absolute atomic E-state index is 11.7. The van der Waals surface area contributed by atoms with Crippen molar-refractivity contribution in [3.63, 3.8) is 0 Å². The number of sulfonamides is 1. The highest BCUT2D eigenvalue weighted by atomic mass is 32.2. The Morgan fingerprint density at radius 3 is 2.11 bits per heavy atom. The van der Waals surface area contributed by atoms with Gasteiger partial charge in [-0.2, -0.15) is 0 Å². The number of carbonyl (C=O) groups excluding carboxylic acids is 1. The first-order chi connectivity index (χ1) is 8.60. The van der Waals surface area contributed by atoms with Crippen molar-refractivity contribution in [2.75, 3.05) is 5.75 Å². The minimum atomic E-state index is -3.51. The molecule has 0 aliphatic carbocycles. The molecule has 0 aliphatic heterocycles. The van der Waals surface area contributed by atoms with Gasteiger partial charge in [-0.25, -0.2) is 17.9 Å². The van der Waals surface area contributed by atoms with Crippen LogP contribution in [0.25, 0.3) is 0 Å². The van der Waals surface area contributed by atoms with Crippen molar-refractivity contribution in [2.45, 2.75) is 46.2 Å². The fourth-order valence-electron chi connectivity index (χ4n) is 1.44. The summed E-state index contributed by atoms with van der Waals surface area (Å²) in [5, 5.41) is 11.3. The molecule has 0 rings (SSSR count). The topological polar surface area (TPSA) is 113 Å². The first kappa shape index (κ1) is 17.8. The largest absolute Gasteiger partial charge is 0.480 e. The third-order valence-electron chi connectivity index (χ3n) is 2.45. The Kier molecular flexibility index (Phi) is 6.99.